The maximum atomic E-state index is 11.9. The minimum absolute atomic E-state index is 0.113. The summed E-state index contributed by atoms with van der Waals surface area (Å²) < 4.78 is 0.841. The van der Waals surface area contributed by atoms with Crippen LogP contribution >= 0.6 is 22.6 Å². The van der Waals surface area contributed by atoms with Crippen LogP contribution in [0.1, 0.15) is 10.4 Å². The molecular weight excluding hydrogens is 315 g/mol. The summed E-state index contributed by atoms with van der Waals surface area (Å²) in [5.74, 6) is -0.113. The Morgan fingerprint density at radius 3 is 2.62 bits per heavy atom. The molecule has 0 fully saturated rings. The van der Waals surface area contributed by atoms with Crippen LogP contribution in [0, 0.1) is 3.57 Å². The average molecular weight is 324 g/mol. The molecule has 0 aliphatic heterocycles. The van der Waals surface area contributed by atoms with E-state index in [0.29, 0.717) is 5.56 Å². The number of benzene rings is 1. The summed E-state index contributed by atoms with van der Waals surface area (Å²) in [6.07, 6.45) is 3.28. The van der Waals surface area contributed by atoms with Crippen molar-refractivity contribution in [2.24, 2.45) is 0 Å². The highest BCUT2D eigenvalue weighted by Gasteiger charge is 2.09. The Morgan fingerprint density at radius 2 is 1.94 bits per heavy atom. The fourth-order valence-corrected chi connectivity index (χ4v) is 1.86. The molecule has 3 nitrogen and oxygen atoms in total. The molecule has 1 amide bonds. The summed E-state index contributed by atoms with van der Waals surface area (Å²) >= 11 is 2.09. The summed E-state index contributed by atoms with van der Waals surface area (Å²) in [7, 11) is 0. The van der Waals surface area contributed by atoms with Crippen molar-refractivity contribution in [2.45, 2.75) is 0 Å². The molecule has 0 aliphatic rings. The molecule has 0 bridgehead atoms. The minimum atomic E-state index is -0.113. The van der Waals surface area contributed by atoms with Gasteiger partial charge in [-0.3, -0.25) is 9.78 Å². The molecule has 0 saturated carbocycles. The number of carbonyl (C=O) groups is 1. The number of hydrogen-bond donors (Lipinski definition) is 1. The van der Waals surface area contributed by atoms with Crippen molar-refractivity contribution >= 4 is 34.2 Å². The highest BCUT2D eigenvalue weighted by Crippen LogP contribution is 2.13. The number of amides is 1. The summed E-state index contributed by atoms with van der Waals surface area (Å²) in [6.45, 7) is 0. The fraction of sp³-hybridized carbons (Fsp3) is 0. The van der Waals surface area contributed by atoms with Gasteiger partial charge in [0.15, 0.2) is 0 Å². The molecule has 0 radical (unpaired) electrons. The lowest BCUT2D eigenvalue weighted by Crippen LogP contribution is -2.13. The van der Waals surface area contributed by atoms with Gasteiger partial charge in [0, 0.05) is 21.7 Å². The number of pyridine rings is 1. The van der Waals surface area contributed by atoms with Gasteiger partial charge in [0.25, 0.3) is 5.91 Å². The zero-order valence-electron chi connectivity index (χ0n) is 8.35. The average Bonchev–Trinajstić information content (AvgIpc) is 2.31. The molecule has 16 heavy (non-hydrogen) atoms. The third-order valence-corrected chi connectivity index (χ3v) is 2.91. The van der Waals surface area contributed by atoms with Crippen molar-refractivity contribution in [3.05, 3.63) is 57.9 Å². The van der Waals surface area contributed by atoms with E-state index < -0.39 is 0 Å². The number of anilines is 1. The first-order valence-electron chi connectivity index (χ1n) is 4.73. The predicted octanol–water partition coefficient (Wildman–Crippen LogP) is 2.94. The van der Waals surface area contributed by atoms with Crippen LogP contribution in [-0.2, 0) is 0 Å². The largest absolute Gasteiger partial charge is 0.322 e. The highest BCUT2D eigenvalue weighted by molar-refractivity contribution is 14.1. The summed E-state index contributed by atoms with van der Waals surface area (Å²) in [4.78, 5) is 15.8. The fourth-order valence-electron chi connectivity index (χ4n) is 1.28. The number of nitrogens with one attached hydrogen (secondary N) is 1. The molecule has 0 unspecified atom stereocenters. The number of halogens is 1. The van der Waals surface area contributed by atoms with Gasteiger partial charge < -0.3 is 5.32 Å². The van der Waals surface area contributed by atoms with Gasteiger partial charge in [-0.1, -0.05) is 18.2 Å². The van der Waals surface area contributed by atoms with Crippen LogP contribution in [0.3, 0.4) is 0 Å². The summed E-state index contributed by atoms with van der Waals surface area (Å²) in [6, 6.07) is 11.1. The Hall–Kier alpha value is -1.43. The van der Waals surface area contributed by atoms with Gasteiger partial charge in [0.1, 0.15) is 0 Å². The Bertz CT molecular complexity index is 499. The summed E-state index contributed by atoms with van der Waals surface area (Å²) in [5.41, 5.74) is 1.43. The molecule has 0 spiro atoms. The molecule has 1 aromatic carbocycles. The van der Waals surface area contributed by atoms with E-state index >= 15 is 0 Å². The van der Waals surface area contributed by atoms with E-state index in [1.807, 2.05) is 30.3 Å². The lowest BCUT2D eigenvalue weighted by atomic mass is 10.2. The van der Waals surface area contributed by atoms with E-state index in [1.165, 1.54) is 0 Å². The van der Waals surface area contributed by atoms with Crippen molar-refractivity contribution in [2.75, 3.05) is 5.32 Å². The third-order valence-electron chi connectivity index (χ3n) is 2.05. The molecule has 2 rings (SSSR count). The number of aromatic nitrogens is 1. The van der Waals surface area contributed by atoms with Crippen molar-refractivity contribution in [1.82, 2.24) is 4.98 Å². The van der Waals surface area contributed by atoms with Gasteiger partial charge >= 0.3 is 0 Å². The molecule has 80 valence electrons. The topological polar surface area (TPSA) is 42.0 Å². The summed E-state index contributed by atoms with van der Waals surface area (Å²) in [5, 5.41) is 2.83. The second-order valence-electron chi connectivity index (χ2n) is 3.18. The van der Waals surface area contributed by atoms with Crippen molar-refractivity contribution in [3.8, 4) is 0 Å². The van der Waals surface area contributed by atoms with Crippen LogP contribution < -0.4 is 5.32 Å². The number of rotatable bonds is 2. The second kappa shape index (κ2) is 5.07. The van der Waals surface area contributed by atoms with Crippen LogP contribution in [0.25, 0.3) is 0 Å². The zero-order chi connectivity index (χ0) is 11.4. The Kier molecular flexibility index (Phi) is 3.51. The highest BCUT2D eigenvalue weighted by atomic mass is 127. The van der Waals surface area contributed by atoms with E-state index in [-0.39, 0.29) is 5.91 Å². The first kappa shape index (κ1) is 11.1. The van der Waals surface area contributed by atoms with Gasteiger partial charge in [-0.2, -0.15) is 0 Å². The lowest BCUT2D eigenvalue weighted by molar-refractivity contribution is 0.102. The monoisotopic (exact) mass is 324 g/mol. The van der Waals surface area contributed by atoms with Crippen LogP contribution in [-0.4, -0.2) is 10.9 Å². The molecular formula is C12H9IN2O. The van der Waals surface area contributed by atoms with E-state index in [9.17, 15) is 4.79 Å². The predicted molar refractivity (Wildman–Crippen MR) is 71.3 cm³/mol. The zero-order valence-corrected chi connectivity index (χ0v) is 10.5. The number of hydrogen-bond acceptors (Lipinski definition) is 2. The Labute approximate surface area is 107 Å². The van der Waals surface area contributed by atoms with Crippen LogP contribution in [0.4, 0.5) is 5.69 Å². The van der Waals surface area contributed by atoms with E-state index in [2.05, 4.69) is 32.9 Å². The molecule has 1 heterocycles. The standard InChI is InChI=1S/C12H9IN2O/c13-11-8-14-7-6-10(11)12(16)15-9-4-2-1-3-5-9/h1-8H,(H,15,16). The van der Waals surface area contributed by atoms with Crippen molar-refractivity contribution in [1.29, 1.82) is 0 Å². The molecule has 4 heteroatoms. The van der Waals surface area contributed by atoms with Crippen LogP contribution in [0.5, 0.6) is 0 Å². The normalized spacial score (nSPS) is 9.81. The third kappa shape index (κ3) is 2.57. The van der Waals surface area contributed by atoms with Gasteiger partial charge in [-0.15, -0.1) is 0 Å². The van der Waals surface area contributed by atoms with E-state index in [4.69, 9.17) is 0 Å². The van der Waals surface area contributed by atoms with Crippen molar-refractivity contribution in [3.63, 3.8) is 0 Å². The molecule has 2 aromatic rings. The van der Waals surface area contributed by atoms with Crippen molar-refractivity contribution < 1.29 is 4.79 Å². The molecule has 0 atom stereocenters. The van der Waals surface area contributed by atoms with Gasteiger partial charge in [-0.25, -0.2) is 0 Å². The first-order chi connectivity index (χ1) is 7.77. The van der Waals surface area contributed by atoms with Gasteiger partial charge in [0.2, 0.25) is 0 Å². The first-order valence-corrected chi connectivity index (χ1v) is 5.81. The van der Waals surface area contributed by atoms with E-state index in [0.717, 1.165) is 9.26 Å². The number of nitrogens with zero attached hydrogens (tertiary/aromatic N) is 1. The van der Waals surface area contributed by atoms with Crippen LogP contribution in [0.2, 0.25) is 0 Å². The molecule has 0 saturated heterocycles. The molecule has 1 N–H and O–H groups in total. The Morgan fingerprint density at radius 1 is 1.19 bits per heavy atom. The second-order valence-corrected chi connectivity index (χ2v) is 4.34. The van der Waals surface area contributed by atoms with Gasteiger partial charge in [-0.05, 0) is 40.8 Å². The van der Waals surface area contributed by atoms with E-state index in [1.54, 1.807) is 18.5 Å². The molecule has 0 aliphatic carbocycles. The Balaban J connectivity index is 2.19. The number of para-hydroxylation sites is 1. The maximum absolute atomic E-state index is 11.9. The quantitative estimate of drug-likeness (QED) is 0.863. The van der Waals surface area contributed by atoms with Crippen LogP contribution in [0.15, 0.2) is 48.8 Å². The SMILES string of the molecule is O=C(Nc1ccccc1)c1ccncc1I. The lowest BCUT2D eigenvalue weighted by Gasteiger charge is -2.05. The molecule has 1 aromatic heterocycles. The number of carbonyl (C=O) groups excluding carboxylic acids is 1. The van der Waals surface area contributed by atoms with Gasteiger partial charge in [0.05, 0.1) is 5.56 Å². The minimum Gasteiger partial charge on any atom is -0.322 e. The maximum Gasteiger partial charge on any atom is 0.256 e. The smallest absolute Gasteiger partial charge is 0.256 e.